The number of aromatic nitrogens is 3. The van der Waals surface area contributed by atoms with Crippen LogP contribution in [0, 0.1) is 12.8 Å². The van der Waals surface area contributed by atoms with Gasteiger partial charge in [0.25, 0.3) is 0 Å². The number of nitrogens with zero attached hydrogens (tertiary/aromatic N) is 3. The predicted molar refractivity (Wildman–Crippen MR) is 79.9 cm³/mol. The summed E-state index contributed by atoms with van der Waals surface area (Å²) < 4.78 is 41.4. The Morgan fingerprint density at radius 1 is 1.22 bits per heavy atom. The zero-order chi connectivity index (χ0) is 16.2. The molecule has 6 heteroatoms. The van der Waals surface area contributed by atoms with Crippen LogP contribution in [0.1, 0.15) is 48.8 Å². The minimum atomic E-state index is -4.39. The number of alkyl halides is 3. The maximum atomic E-state index is 13.1. The summed E-state index contributed by atoms with van der Waals surface area (Å²) in [5.41, 5.74) is 0.366. The lowest BCUT2D eigenvalue weighted by Crippen LogP contribution is -2.09. The van der Waals surface area contributed by atoms with E-state index in [4.69, 9.17) is 0 Å². The molecule has 0 N–H and O–H groups in total. The van der Waals surface area contributed by atoms with E-state index in [2.05, 4.69) is 14.5 Å². The minimum Gasteiger partial charge on any atom is -0.331 e. The predicted octanol–water partition coefficient (Wildman–Crippen LogP) is 4.56. The van der Waals surface area contributed by atoms with E-state index in [1.807, 2.05) is 6.20 Å². The summed E-state index contributed by atoms with van der Waals surface area (Å²) in [4.78, 5) is 8.56. The Kier molecular flexibility index (Phi) is 3.25. The van der Waals surface area contributed by atoms with Crippen molar-refractivity contribution >= 4 is 0 Å². The molecule has 2 fully saturated rings. The molecule has 0 aliphatic heterocycles. The lowest BCUT2D eigenvalue weighted by atomic mass is 10.1. The summed E-state index contributed by atoms with van der Waals surface area (Å²) in [6, 6.07) is 1.65. The monoisotopic (exact) mass is 321 g/mol. The van der Waals surface area contributed by atoms with Gasteiger partial charge in [0.15, 0.2) is 0 Å². The van der Waals surface area contributed by atoms with Crippen molar-refractivity contribution < 1.29 is 13.2 Å². The van der Waals surface area contributed by atoms with E-state index >= 15 is 0 Å². The molecule has 2 aromatic rings. The highest BCUT2D eigenvalue weighted by Crippen LogP contribution is 2.40. The molecule has 0 atom stereocenters. The number of hydrogen-bond donors (Lipinski definition) is 0. The van der Waals surface area contributed by atoms with Crippen LogP contribution in [-0.4, -0.2) is 14.5 Å². The topological polar surface area (TPSA) is 30.7 Å². The Morgan fingerprint density at radius 2 is 1.96 bits per heavy atom. The first-order valence-electron chi connectivity index (χ1n) is 8.04. The van der Waals surface area contributed by atoms with Crippen LogP contribution in [0.4, 0.5) is 13.2 Å². The highest BCUT2D eigenvalue weighted by Gasteiger charge is 2.34. The zero-order valence-electron chi connectivity index (χ0n) is 12.9. The van der Waals surface area contributed by atoms with Gasteiger partial charge in [0.2, 0.25) is 0 Å². The van der Waals surface area contributed by atoms with Gasteiger partial charge in [-0.1, -0.05) is 0 Å². The lowest BCUT2D eigenvalue weighted by molar-refractivity contribution is -0.138. The van der Waals surface area contributed by atoms with Crippen LogP contribution < -0.4 is 0 Å². The minimum absolute atomic E-state index is 0.000999. The normalized spacial score (nSPS) is 18.4. The first-order chi connectivity index (χ1) is 10.9. The average molecular weight is 321 g/mol. The van der Waals surface area contributed by atoms with Crippen molar-refractivity contribution in [2.24, 2.45) is 5.92 Å². The van der Waals surface area contributed by atoms with Gasteiger partial charge in [-0.05, 0) is 44.6 Å². The smallest absolute Gasteiger partial charge is 0.331 e. The van der Waals surface area contributed by atoms with Gasteiger partial charge in [-0.15, -0.1) is 0 Å². The van der Waals surface area contributed by atoms with Crippen molar-refractivity contribution in [1.29, 1.82) is 0 Å². The van der Waals surface area contributed by atoms with Crippen LogP contribution in [0.15, 0.2) is 18.5 Å². The Balaban J connectivity index is 1.72. The molecule has 23 heavy (non-hydrogen) atoms. The molecule has 2 aliphatic rings. The number of aryl methyl sites for hydroxylation is 1. The third kappa shape index (κ3) is 2.99. The average Bonchev–Trinajstić information content (AvgIpc) is 3.38. The fraction of sp³-hybridized carbons (Fsp3) is 0.529. The van der Waals surface area contributed by atoms with Crippen LogP contribution in [-0.2, 0) is 12.6 Å². The number of rotatable bonds is 4. The van der Waals surface area contributed by atoms with Gasteiger partial charge in [-0.25, -0.2) is 4.98 Å². The molecule has 0 saturated heterocycles. The van der Waals surface area contributed by atoms with Gasteiger partial charge >= 0.3 is 6.18 Å². The van der Waals surface area contributed by atoms with Gasteiger partial charge in [-0.2, -0.15) is 13.2 Å². The van der Waals surface area contributed by atoms with Crippen molar-refractivity contribution in [2.45, 2.75) is 51.2 Å². The second-order valence-corrected chi connectivity index (χ2v) is 6.68. The summed E-state index contributed by atoms with van der Waals surface area (Å²) in [6.07, 6.45) is 4.67. The molecule has 0 radical (unpaired) electrons. The first kappa shape index (κ1) is 14.7. The molecule has 2 aliphatic carbocycles. The first-order valence-corrected chi connectivity index (χ1v) is 8.04. The molecule has 0 unspecified atom stereocenters. The number of imidazole rings is 1. The van der Waals surface area contributed by atoms with Gasteiger partial charge in [0.05, 0.1) is 11.3 Å². The van der Waals surface area contributed by atoms with E-state index in [-0.39, 0.29) is 5.69 Å². The quantitative estimate of drug-likeness (QED) is 0.826. The molecule has 122 valence electrons. The van der Waals surface area contributed by atoms with Crippen LogP contribution in [0.5, 0.6) is 0 Å². The molecular weight excluding hydrogens is 303 g/mol. The summed E-state index contributed by atoms with van der Waals surface area (Å²) in [7, 11) is 0. The maximum absolute atomic E-state index is 13.1. The highest BCUT2D eigenvalue weighted by atomic mass is 19.4. The van der Waals surface area contributed by atoms with Gasteiger partial charge < -0.3 is 4.57 Å². The van der Waals surface area contributed by atoms with Gasteiger partial charge in [0.1, 0.15) is 5.82 Å². The van der Waals surface area contributed by atoms with Crippen molar-refractivity contribution in [2.75, 3.05) is 0 Å². The third-order valence-corrected chi connectivity index (χ3v) is 4.61. The van der Waals surface area contributed by atoms with E-state index in [0.29, 0.717) is 23.2 Å². The number of halogens is 3. The van der Waals surface area contributed by atoms with Crippen LogP contribution in [0.3, 0.4) is 0 Å². The molecule has 2 heterocycles. The SMILES string of the molecule is Cc1ncc(-c2cn(C3CC3)c(CC3CC3)n2)cc1C(F)(F)F. The third-order valence-electron chi connectivity index (χ3n) is 4.61. The molecule has 2 saturated carbocycles. The molecule has 0 aromatic carbocycles. The molecule has 2 aromatic heterocycles. The second kappa shape index (κ2) is 5.08. The van der Waals surface area contributed by atoms with Crippen LogP contribution in [0.2, 0.25) is 0 Å². The van der Waals surface area contributed by atoms with Crippen molar-refractivity contribution in [3.63, 3.8) is 0 Å². The Bertz CT molecular complexity index is 740. The molecular formula is C17H18F3N3. The van der Waals surface area contributed by atoms with Crippen molar-refractivity contribution in [3.05, 3.63) is 35.5 Å². The molecule has 4 rings (SSSR count). The number of pyridine rings is 1. The number of hydrogen-bond acceptors (Lipinski definition) is 2. The molecule has 3 nitrogen and oxygen atoms in total. The lowest BCUT2D eigenvalue weighted by Gasteiger charge is -2.10. The maximum Gasteiger partial charge on any atom is 0.418 e. The van der Waals surface area contributed by atoms with Crippen molar-refractivity contribution in [3.8, 4) is 11.3 Å². The van der Waals surface area contributed by atoms with E-state index in [0.717, 1.165) is 25.1 Å². The Labute approximate surface area is 132 Å². The van der Waals surface area contributed by atoms with E-state index in [1.54, 1.807) is 0 Å². The zero-order valence-corrected chi connectivity index (χ0v) is 12.9. The van der Waals surface area contributed by atoms with Crippen LogP contribution in [0.25, 0.3) is 11.3 Å². The fourth-order valence-corrected chi connectivity index (χ4v) is 2.93. The molecule has 0 bridgehead atoms. The Hall–Kier alpha value is -1.85. The summed E-state index contributed by atoms with van der Waals surface area (Å²) in [5, 5.41) is 0. The van der Waals surface area contributed by atoms with E-state index < -0.39 is 11.7 Å². The van der Waals surface area contributed by atoms with E-state index in [9.17, 15) is 13.2 Å². The van der Waals surface area contributed by atoms with Gasteiger partial charge in [0, 0.05) is 36.1 Å². The fourth-order valence-electron chi connectivity index (χ4n) is 2.93. The molecule has 0 amide bonds. The molecule has 0 spiro atoms. The Morgan fingerprint density at radius 3 is 2.57 bits per heavy atom. The summed E-state index contributed by atoms with van der Waals surface area (Å²) >= 11 is 0. The summed E-state index contributed by atoms with van der Waals surface area (Å²) in [5.74, 6) is 1.71. The second-order valence-electron chi connectivity index (χ2n) is 6.68. The largest absolute Gasteiger partial charge is 0.418 e. The van der Waals surface area contributed by atoms with E-state index in [1.165, 1.54) is 32.0 Å². The standard InChI is InChI=1S/C17H18F3N3/c1-10-14(17(18,19)20)7-12(8-21-10)15-9-23(13-4-5-13)16(22-15)6-11-2-3-11/h7-9,11,13H,2-6H2,1H3. The highest BCUT2D eigenvalue weighted by molar-refractivity contribution is 5.59. The van der Waals surface area contributed by atoms with Crippen molar-refractivity contribution in [1.82, 2.24) is 14.5 Å². The van der Waals surface area contributed by atoms with Gasteiger partial charge in [-0.3, -0.25) is 4.98 Å². The van der Waals surface area contributed by atoms with Crippen LogP contribution >= 0.6 is 0 Å². The summed E-state index contributed by atoms with van der Waals surface area (Å²) in [6.45, 7) is 1.38.